The second-order valence-corrected chi connectivity index (χ2v) is 3.94. The summed E-state index contributed by atoms with van der Waals surface area (Å²) in [4.78, 5) is 17.3. The number of hydrogen-bond acceptors (Lipinski definition) is 3. The van der Waals surface area contributed by atoms with Crippen LogP contribution in [0.4, 0.5) is 0 Å². The Morgan fingerprint density at radius 1 is 1.47 bits per heavy atom. The van der Waals surface area contributed by atoms with E-state index in [1.165, 1.54) is 6.20 Å². The quantitative estimate of drug-likeness (QED) is 0.738. The number of carboxylic acids is 1. The SMILES string of the molecule is CN1CCc2cc(C(=O)O)cnc2CC1. The van der Waals surface area contributed by atoms with Crippen LogP contribution in [0.15, 0.2) is 12.3 Å². The Labute approximate surface area is 88.6 Å². The van der Waals surface area contributed by atoms with Crippen molar-refractivity contribution in [2.24, 2.45) is 0 Å². The maximum atomic E-state index is 10.8. The Hall–Kier alpha value is -1.42. The van der Waals surface area contributed by atoms with E-state index in [0.29, 0.717) is 5.56 Å². The van der Waals surface area contributed by atoms with Gasteiger partial charge in [0.15, 0.2) is 0 Å². The first-order chi connectivity index (χ1) is 7.16. The first-order valence-electron chi connectivity index (χ1n) is 5.06. The Bertz CT molecular complexity index is 390. The molecular weight excluding hydrogens is 192 g/mol. The Kier molecular flexibility index (Phi) is 2.68. The van der Waals surface area contributed by atoms with E-state index in [-0.39, 0.29) is 0 Å². The summed E-state index contributed by atoms with van der Waals surface area (Å²) in [6, 6.07) is 1.75. The van der Waals surface area contributed by atoms with Crippen molar-refractivity contribution in [2.45, 2.75) is 12.8 Å². The van der Waals surface area contributed by atoms with Crippen molar-refractivity contribution in [3.63, 3.8) is 0 Å². The Balaban J connectivity index is 2.32. The number of carbonyl (C=O) groups is 1. The number of pyridine rings is 1. The van der Waals surface area contributed by atoms with Gasteiger partial charge in [0.05, 0.1) is 5.56 Å². The van der Waals surface area contributed by atoms with Gasteiger partial charge in [-0.1, -0.05) is 0 Å². The summed E-state index contributed by atoms with van der Waals surface area (Å²) in [6.45, 7) is 1.96. The van der Waals surface area contributed by atoms with Crippen molar-refractivity contribution < 1.29 is 9.90 Å². The van der Waals surface area contributed by atoms with Gasteiger partial charge in [0.1, 0.15) is 0 Å². The standard InChI is InChI=1S/C11H14N2O2/c1-13-4-2-8-6-9(11(14)15)7-12-10(8)3-5-13/h6-7H,2-5H2,1H3,(H,14,15). The number of nitrogens with zero attached hydrogens (tertiary/aromatic N) is 2. The van der Waals surface area contributed by atoms with Crippen LogP contribution >= 0.6 is 0 Å². The molecule has 80 valence electrons. The molecule has 2 heterocycles. The van der Waals surface area contributed by atoms with Crippen LogP contribution in [0.2, 0.25) is 0 Å². The zero-order valence-electron chi connectivity index (χ0n) is 8.73. The molecule has 0 aromatic carbocycles. The molecule has 0 bridgehead atoms. The highest BCUT2D eigenvalue weighted by atomic mass is 16.4. The van der Waals surface area contributed by atoms with Crippen molar-refractivity contribution in [1.29, 1.82) is 0 Å². The minimum absolute atomic E-state index is 0.290. The minimum Gasteiger partial charge on any atom is -0.478 e. The van der Waals surface area contributed by atoms with Crippen LogP contribution in [0, 0.1) is 0 Å². The molecule has 0 unspecified atom stereocenters. The minimum atomic E-state index is -0.900. The summed E-state index contributed by atoms with van der Waals surface area (Å²) in [5, 5.41) is 8.86. The molecule has 1 aromatic rings. The molecule has 1 aliphatic heterocycles. The van der Waals surface area contributed by atoms with Crippen LogP contribution in [0.25, 0.3) is 0 Å². The van der Waals surface area contributed by atoms with Gasteiger partial charge >= 0.3 is 5.97 Å². The van der Waals surface area contributed by atoms with E-state index < -0.39 is 5.97 Å². The van der Waals surface area contributed by atoms with E-state index >= 15 is 0 Å². The maximum Gasteiger partial charge on any atom is 0.337 e. The van der Waals surface area contributed by atoms with Crippen LogP contribution in [-0.2, 0) is 12.8 Å². The number of carboxylic acid groups (broad SMARTS) is 1. The average Bonchev–Trinajstić information content (AvgIpc) is 2.40. The lowest BCUT2D eigenvalue weighted by atomic mass is 10.1. The van der Waals surface area contributed by atoms with Crippen molar-refractivity contribution in [1.82, 2.24) is 9.88 Å². The Morgan fingerprint density at radius 3 is 2.93 bits per heavy atom. The topological polar surface area (TPSA) is 53.4 Å². The lowest BCUT2D eigenvalue weighted by Crippen LogP contribution is -2.20. The second-order valence-electron chi connectivity index (χ2n) is 3.94. The fourth-order valence-corrected chi connectivity index (χ4v) is 1.82. The number of likely N-dealkylation sites (N-methyl/N-ethyl adjacent to an activating group) is 1. The lowest BCUT2D eigenvalue weighted by molar-refractivity contribution is 0.0696. The molecule has 0 saturated heterocycles. The summed E-state index contributed by atoms with van der Waals surface area (Å²) in [5.41, 5.74) is 2.42. The normalized spacial score (nSPS) is 16.9. The third-order valence-corrected chi connectivity index (χ3v) is 2.80. The van der Waals surface area contributed by atoms with Gasteiger partial charge in [0, 0.05) is 31.4 Å². The predicted octanol–water partition coefficient (Wildman–Crippen LogP) is 0.810. The number of rotatable bonds is 1. The van der Waals surface area contributed by atoms with Crippen LogP contribution in [0.1, 0.15) is 21.6 Å². The molecule has 2 rings (SSSR count). The van der Waals surface area contributed by atoms with Gasteiger partial charge in [-0.25, -0.2) is 4.79 Å². The zero-order valence-corrected chi connectivity index (χ0v) is 8.73. The maximum absolute atomic E-state index is 10.8. The first kappa shape index (κ1) is 10.1. The van der Waals surface area contributed by atoms with Gasteiger partial charge in [-0.05, 0) is 25.1 Å². The molecule has 0 aliphatic carbocycles. The third kappa shape index (κ3) is 2.15. The van der Waals surface area contributed by atoms with Crippen LogP contribution < -0.4 is 0 Å². The highest BCUT2D eigenvalue weighted by Crippen LogP contribution is 2.14. The first-order valence-corrected chi connectivity index (χ1v) is 5.06. The molecule has 0 atom stereocenters. The molecule has 0 amide bonds. The van der Waals surface area contributed by atoms with Crippen molar-refractivity contribution in [3.8, 4) is 0 Å². The Morgan fingerprint density at radius 2 is 2.20 bits per heavy atom. The molecule has 0 spiro atoms. The summed E-state index contributed by atoms with van der Waals surface area (Å²) in [5.74, 6) is -0.900. The fourth-order valence-electron chi connectivity index (χ4n) is 1.82. The number of aromatic carboxylic acids is 1. The average molecular weight is 206 g/mol. The highest BCUT2D eigenvalue weighted by Gasteiger charge is 2.14. The van der Waals surface area contributed by atoms with Gasteiger partial charge in [-0.15, -0.1) is 0 Å². The molecule has 1 N–H and O–H groups in total. The van der Waals surface area contributed by atoms with Gasteiger partial charge < -0.3 is 10.0 Å². The number of fused-ring (bicyclic) bond motifs is 1. The fraction of sp³-hybridized carbons (Fsp3) is 0.455. The van der Waals surface area contributed by atoms with E-state index in [0.717, 1.165) is 37.2 Å². The monoisotopic (exact) mass is 206 g/mol. The van der Waals surface area contributed by atoms with E-state index in [9.17, 15) is 4.79 Å². The van der Waals surface area contributed by atoms with Crippen LogP contribution in [0.5, 0.6) is 0 Å². The second kappa shape index (κ2) is 3.98. The van der Waals surface area contributed by atoms with Crippen LogP contribution in [0.3, 0.4) is 0 Å². The number of aromatic nitrogens is 1. The predicted molar refractivity (Wildman–Crippen MR) is 56.1 cm³/mol. The van der Waals surface area contributed by atoms with Crippen LogP contribution in [-0.4, -0.2) is 41.1 Å². The summed E-state index contributed by atoms with van der Waals surface area (Å²) in [6.07, 6.45) is 3.25. The van der Waals surface area contributed by atoms with Gasteiger partial charge in [0.2, 0.25) is 0 Å². The molecule has 0 saturated carbocycles. The molecule has 0 fully saturated rings. The van der Waals surface area contributed by atoms with E-state index in [1.54, 1.807) is 6.07 Å². The molecule has 15 heavy (non-hydrogen) atoms. The summed E-state index contributed by atoms with van der Waals surface area (Å²) < 4.78 is 0. The molecular formula is C11H14N2O2. The molecule has 4 heteroatoms. The third-order valence-electron chi connectivity index (χ3n) is 2.80. The van der Waals surface area contributed by atoms with Gasteiger partial charge in [0.25, 0.3) is 0 Å². The molecule has 0 radical (unpaired) electrons. The molecule has 1 aliphatic rings. The van der Waals surface area contributed by atoms with E-state index in [4.69, 9.17) is 5.11 Å². The van der Waals surface area contributed by atoms with Gasteiger partial charge in [-0.2, -0.15) is 0 Å². The smallest absolute Gasteiger partial charge is 0.337 e. The number of hydrogen-bond donors (Lipinski definition) is 1. The molecule has 4 nitrogen and oxygen atoms in total. The molecule has 1 aromatic heterocycles. The lowest BCUT2D eigenvalue weighted by Gasteiger charge is -2.10. The van der Waals surface area contributed by atoms with E-state index in [1.807, 2.05) is 0 Å². The zero-order chi connectivity index (χ0) is 10.8. The van der Waals surface area contributed by atoms with Crippen molar-refractivity contribution >= 4 is 5.97 Å². The largest absolute Gasteiger partial charge is 0.478 e. The highest BCUT2D eigenvalue weighted by molar-refractivity contribution is 5.87. The van der Waals surface area contributed by atoms with E-state index in [2.05, 4.69) is 16.9 Å². The summed E-state index contributed by atoms with van der Waals surface area (Å²) in [7, 11) is 2.07. The van der Waals surface area contributed by atoms with Crippen molar-refractivity contribution in [2.75, 3.05) is 20.1 Å². The summed E-state index contributed by atoms with van der Waals surface area (Å²) >= 11 is 0. The van der Waals surface area contributed by atoms with Crippen molar-refractivity contribution in [3.05, 3.63) is 29.1 Å². The van der Waals surface area contributed by atoms with Gasteiger partial charge in [-0.3, -0.25) is 4.98 Å².